The Hall–Kier alpha value is -4.58. The number of imidazole rings is 1. The summed E-state index contributed by atoms with van der Waals surface area (Å²) < 4.78 is 0. The highest BCUT2D eigenvalue weighted by atomic mass is 16.2. The van der Waals surface area contributed by atoms with Gasteiger partial charge in [0.05, 0.1) is 18.0 Å². The van der Waals surface area contributed by atoms with E-state index in [1.807, 2.05) is 42.5 Å². The maximum Gasteiger partial charge on any atom is 0.277 e. The van der Waals surface area contributed by atoms with Crippen LogP contribution in [0.3, 0.4) is 0 Å². The molecule has 9 nitrogen and oxygen atoms in total. The molecule has 4 aromatic rings. The zero-order valence-electron chi connectivity index (χ0n) is 23.0. The van der Waals surface area contributed by atoms with E-state index in [1.54, 1.807) is 6.07 Å². The van der Waals surface area contributed by atoms with Crippen LogP contribution in [-0.4, -0.2) is 38.0 Å². The van der Waals surface area contributed by atoms with E-state index in [0.29, 0.717) is 22.2 Å². The summed E-state index contributed by atoms with van der Waals surface area (Å²) in [6, 6.07) is 15.8. The van der Waals surface area contributed by atoms with Gasteiger partial charge in [-0.1, -0.05) is 70.4 Å². The van der Waals surface area contributed by atoms with Crippen LogP contribution < -0.4 is 10.2 Å². The summed E-state index contributed by atoms with van der Waals surface area (Å²) in [5.41, 5.74) is 2.59. The van der Waals surface area contributed by atoms with Gasteiger partial charge in [0.25, 0.3) is 5.91 Å². The lowest BCUT2D eigenvalue weighted by Gasteiger charge is -2.34. The number of hydrogen-bond donors (Lipinski definition) is 2. The number of H-pyrrole nitrogens is 1. The number of rotatable bonds is 6. The molecule has 1 fully saturated rings. The number of carbonyl (C=O) groups excluding carboxylic acids is 2. The number of anilines is 1. The van der Waals surface area contributed by atoms with Gasteiger partial charge >= 0.3 is 0 Å². The number of carbonyl (C=O) groups is 2. The van der Waals surface area contributed by atoms with Gasteiger partial charge in [-0.2, -0.15) is 5.26 Å². The summed E-state index contributed by atoms with van der Waals surface area (Å²) in [5.74, 6) is -0.816. The van der Waals surface area contributed by atoms with E-state index in [9.17, 15) is 14.9 Å². The van der Waals surface area contributed by atoms with Gasteiger partial charge in [-0.25, -0.2) is 4.98 Å². The van der Waals surface area contributed by atoms with E-state index in [1.165, 1.54) is 17.4 Å². The second kappa shape index (κ2) is 11.3. The zero-order chi connectivity index (χ0) is 28.3. The largest absolute Gasteiger partial charge is 0.351 e. The fourth-order valence-electron chi connectivity index (χ4n) is 5.35. The number of nitrogens with one attached hydrogen (secondary N) is 2. The van der Waals surface area contributed by atoms with Gasteiger partial charge in [0, 0.05) is 22.7 Å². The van der Waals surface area contributed by atoms with Crippen LogP contribution in [0, 0.1) is 11.3 Å². The quantitative estimate of drug-likeness (QED) is 0.342. The minimum atomic E-state index is -1.19. The van der Waals surface area contributed by atoms with Crippen LogP contribution in [0.15, 0.2) is 61.1 Å². The third-order valence-corrected chi connectivity index (χ3v) is 7.50. The summed E-state index contributed by atoms with van der Waals surface area (Å²) >= 11 is 0. The van der Waals surface area contributed by atoms with Crippen molar-refractivity contribution in [2.75, 3.05) is 4.90 Å². The molecule has 2 aromatic heterocycles. The van der Waals surface area contributed by atoms with Gasteiger partial charge in [0.1, 0.15) is 17.8 Å². The second-order valence-corrected chi connectivity index (χ2v) is 11.3. The van der Waals surface area contributed by atoms with E-state index in [2.05, 4.69) is 52.3 Å². The third-order valence-electron chi connectivity index (χ3n) is 7.50. The van der Waals surface area contributed by atoms with E-state index in [-0.39, 0.29) is 28.8 Å². The fraction of sp³-hybridized carbons (Fsp3) is 0.355. The molecule has 0 aliphatic heterocycles. The minimum absolute atomic E-state index is 0.00350. The second-order valence-electron chi connectivity index (χ2n) is 11.3. The molecule has 1 atom stereocenters. The van der Waals surface area contributed by atoms with Gasteiger partial charge in [0.2, 0.25) is 5.91 Å². The lowest BCUT2D eigenvalue weighted by Crippen LogP contribution is -2.48. The molecule has 0 radical (unpaired) electrons. The molecule has 0 bridgehead atoms. The van der Waals surface area contributed by atoms with Gasteiger partial charge in [-0.3, -0.25) is 14.5 Å². The molecule has 1 aliphatic rings. The lowest BCUT2D eigenvalue weighted by atomic mass is 9.87. The number of aromatic nitrogens is 4. The summed E-state index contributed by atoms with van der Waals surface area (Å²) in [4.78, 5) is 36.9. The molecule has 2 aromatic carbocycles. The normalized spacial score (nSPS) is 14.8. The molecule has 0 spiro atoms. The molecule has 1 aliphatic carbocycles. The number of nitriles is 1. The number of hydrogen-bond acceptors (Lipinski definition) is 6. The number of benzene rings is 2. The van der Waals surface area contributed by atoms with Gasteiger partial charge < -0.3 is 10.3 Å². The molecule has 2 N–H and O–H groups in total. The zero-order valence-corrected chi connectivity index (χ0v) is 23.0. The molecule has 9 heteroatoms. The first-order chi connectivity index (χ1) is 19.3. The number of aromatic amines is 1. The predicted molar refractivity (Wildman–Crippen MR) is 153 cm³/mol. The number of amides is 2. The van der Waals surface area contributed by atoms with E-state index in [0.717, 1.165) is 37.7 Å². The Labute approximate surface area is 233 Å². The van der Waals surface area contributed by atoms with E-state index >= 15 is 0 Å². The maximum absolute atomic E-state index is 14.4. The fourth-order valence-corrected chi connectivity index (χ4v) is 5.35. The molecular weight excluding hydrogens is 502 g/mol. The van der Waals surface area contributed by atoms with E-state index < -0.39 is 11.9 Å². The number of nitrogens with zero attached hydrogens (tertiary/aromatic N) is 5. The van der Waals surface area contributed by atoms with Crippen molar-refractivity contribution in [3.05, 3.63) is 83.6 Å². The van der Waals surface area contributed by atoms with Crippen LogP contribution in [0.2, 0.25) is 0 Å². The summed E-state index contributed by atoms with van der Waals surface area (Å²) in [7, 11) is 0. The van der Waals surface area contributed by atoms with E-state index in [4.69, 9.17) is 0 Å². The lowest BCUT2D eigenvalue weighted by molar-refractivity contribution is -0.123. The predicted octanol–water partition coefficient (Wildman–Crippen LogP) is 5.36. The van der Waals surface area contributed by atoms with Crippen LogP contribution in [0.5, 0.6) is 0 Å². The standard InChI is InChI=1S/C31H33N7O2/c1-31(2,3)20-13-15-22(16-14-20)38(30(40)26-18-33-19-34-26)28(29(39)35-21-9-5-4-6-10-21)27-23-11-7-8-12-24(23)36-37-25(27)17-32/h7-8,11-16,18-19,21,28H,4-6,9-10H2,1-3H3,(H,33,34)(H,35,39). The van der Waals surface area contributed by atoms with Crippen LogP contribution >= 0.6 is 0 Å². The summed E-state index contributed by atoms with van der Waals surface area (Å²) in [5, 5.41) is 22.3. The van der Waals surface area contributed by atoms with Gasteiger partial charge in [-0.15, -0.1) is 10.2 Å². The van der Waals surface area contributed by atoms with Crippen molar-refractivity contribution in [2.45, 2.75) is 70.4 Å². The average Bonchev–Trinajstić information content (AvgIpc) is 3.51. The molecule has 2 amide bonds. The Morgan fingerprint density at radius 2 is 1.77 bits per heavy atom. The van der Waals surface area contributed by atoms with Gasteiger partial charge in [0.15, 0.2) is 5.69 Å². The third kappa shape index (κ3) is 5.43. The Balaban J connectivity index is 1.73. The van der Waals surface area contributed by atoms with Crippen molar-refractivity contribution >= 4 is 28.4 Å². The molecule has 40 heavy (non-hydrogen) atoms. The Kier molecular flexibility index (Phi) is 7.60. The Bertz CT molecular complexity index is 1540. The average molecular weight is 536 g/mol. The molecular formula is C31H33N7O2. The Morgan fingerprint density at radius 1 is 1.05 bits per heavy atom. The van der Waals surface area contributed by atoms with Crippen molar-refractivity contribution in [1.29, 1.82) is 5.26 Å². The topological polar surface area (TPSA) is 128 Å². The molecule has 1 saturated carbocycles. The Morgan fingerprint density at radius 3 is 2.42 bits per heavy atom. The SMILES string of the molecule is CC(C)(C)c1ccc(N(C(=O)c2cnc[nH]2)C(C(=O)NC2CCCCC2)c2c(C#N)nnc3ccccc23)cc1. The van der Waals surface area contributed by atoms with Crippen molar-refractivity contribution in [2.24, 2.45) is 0 Å². The smallest absolute Gasteiger partial charge is 0.277 e. The maximum atomic E-state index is 14.4. The first kappa shape index (κ1) is 27.0. The van der Waals surface area contributed by atoms with Crippen molar-refractivity contribution in [1.82, 2.24) is 25.5 Å². The van der Waals surface area contributed by atoms with Crippen molar-refractivity contribution in [3.63, 3.8) is 0 Å². The first-order valence-corrected chi connectivity index (χ1v) is 13.7. The summed E-state index contributed by atoms with van der Waals surface area (Å²) in [6.07, 6.45) is 7.80. The highest BCUT2D eigenvalue weighted by molar-refractivity contribution is 6.10. The summed E-state index contributed by atoms with van der Waals surface area (Å²) in [6.45, 7) is 6.34. The van der Waals surface area contributed by atoms with Crippen LogP contribution in [0.4, 0.5) is 5.69 Å². The molecule has 5 rings (SSSR count). The van der Waals surface area contributed by atoms with Crippen LogP contribution in [-0.2, 0) is 10.2 Å². The molecule has 0 saturated heterocycles. The minimum Gasteiger partial charge on any atom is -0.351 e. The highest BCUT2D eigenvalue weighted by Gasteiger charge is 2.38. The molecule has 1 unspecified atom stereocenters. The molecule has 2 heterocycles. The van der Waals surface area contributed by atoms with Gasteiger partial charge in [-0.05, 0) is 42.0 Å². The van der Waals surface area contributed by atoms with Crippen molar-refractivity contribution < 1.29 is 9.59 Å². The van der Waals surface area contributed by atoms with Crippen LogP contribution in [0.1, 0.15) is 86.2 Å². The monoisotopic (exact) mass is 535 g/mol. The first-order valence-electron chi connectivity index (χ1n) is 13.7. The highest BCUT2D eigenvalue weighted by Crippen LogP contribution is 2.36. The molecule has 204 valence electrons. The number of fused-ring (bicyclic) bond motifs is 1. The van der Waals surface area contributed by atoms with Crippen molar-refractivity contribution in [3.8, 4) is 6.07 Å². The van der Waals surface area contributed by atoms with Crippen LogP contribution in [0.25, 0.3) is 10.9 Å².